The first kappa shape index (κ1) is 18.8. The number of benzene rings is 1. The molecule has 1 unspecified atom stereocenters. The second-order valence-corrected chi connectivity index (χ2v) is 7.22. The number of anilines is 2. The summed E-state index contributed by atoms with van der Waals surface area (Å²) in [6.45, 7) is 6.98. The van der Waals surface area contributed by atoms with E-state index in [-0.39, 0.29) is 30.8 Å². The number of amides is 3. The summed E-state index contributed by atoms with van der Waals surface area (Å²) in [5.74, 6) is -0.416. The average Bonchev–Trinajstić information content (AvgIpc) is 2.59. The molecule has 1 heterocycles. The van der Waals surface area contributed by atoms with E-state index in [0.29, 0.717) is 11.4 Å². The molecule has 0 aromatic heterocycles. The highest BCUT2D eigenvalue weighted by Gasteiger charge is 2.31. The Labute approximate surface area is 147 Å². The molecule has 0 bridgehead atoms. The van der Waals surface area contributed by atoms with E-state index in [1.54, 1.807) is 49.9 Å². The maximum Gasteiger partial charge on any atom is 0.410 e. The van der Waals surface area contributed by atoms with Crippen LogP contribution in [0.15, 0.2) is 24.3 Å². The second kappa shape index (κ2) is 7.13. The van der Waals surface area contributed by atoms with Gasteiger partial charge in [-0.3, -0.25) is 9.59 Å². The fraction of sp³-hybridized carbons (Fsp3) is 0.500. The van der Waals surface area contributed by atoms with E-state index < -0.39 is 11.7 Å². The molecule has 1 N–H and O–H groups in total. The highest BCUT2D eigenvalue weighted by molar-refractivity contribution is 6.05. The topological polar surface area (TPSA) is 79.0 Å². The van der Waals surface area contributed by atoms with Gasteiger partial charge in [0.25, 0.3) is 0 Å². The number of carbonyl (C=O) groups excluding carboxylic acids is 3. The van der Waals surface area contributed by atoms with Gasteiger partial charge in [0.05, 0.1) is 11.4 Å². The average molecular weight is 347 g/mol. The molecule has 0 saturated heterocycles. The van der Waals surface area contributed by atoms with Gasteiger partial charge in [-0.1, -0.05) is 12.1 Å². The standard InChI is InChI=1S/C18H25N3O4/c1-12-10-15(22)19-13-8-6-7-9-14(13)21(12)16(23)11-20(5)17(24)25-18(2,3)4/h6-9,12H,10-11H2,1-5H3,(H,19,22). The van der Waals surface area contributed by atoms with Crippen LogP contribution < -0.4 is 10.2 Å². The van der Waals surface area contributed by atoms with Crippen molar-refractivity contribution in [2.75, 3.05) is 23.8 Å². The van der Waals surface area contributed by atoms with Gasteiger partial charge < -0.3 is 19.9 Å². The third-order valence-corrected chi connectivity index (χ3v) is 3.71. The van der Waals surface area contributed by atoms with Crippen LogP contribution in [0.4, 0.5) is 16.2 Å². The first-order valence-electron chi connectivity index (χ1n) is 8.23. The van der Waals surface area contributed by atoms with Crippen molar-refractivity contribution in [3.05, 3.63) is 24.3 Å². The molecule has 1 aromatic carbocycles. The number of fused-ring (bicyclic) bond motifs is 1. The SMILES string of the molecule is CC1CC(=O)Nc2ccccc2N1C(=O)CN(C)C(=O)OC(C)(C)C. The van der Waals surface area contributed by atoms with Crippen molar-refractivity contribution < 1.29 is 19.1 Å². The van der Waals surface area contributed by atoms with Gasteiger partial charge in [0.1, 0.15) is 12.1 Å². The minimum absolute atomic E-state index is 0.137. The molecule has 1 atom stereocenters. The van der Waals surface area contributed by atoms with Gasteiger partial charge >= 0.3 is 6.09 Å². The summed E-state index contributed by atoms with van der Waals surface area (Å²) in [5.41, 5.74) is 0.585. The zero-order valence-corrected chi connectivity index (χ0v) is 15.3. The lowest BCUT2D eigenvalue weighted by Crippen LogP contribution is -2.46. The summed E-state index contributed by atoms with van der Waals surface area (Å²) in [7, 11) is 1.52. The highest BCUT2D eigenvalue weighted by Crippen LogP contribution is 2.31. The van der Waals surface area contributed by atoms with Crippen LogP contribution >= 0.6 is 0 Å². The molecule has 0 aliphatic carbocycles. The summed E-state index contributed by atoms with van der Waals surface area (Å²) < 4.78 is 5.28. The lowest BCUT2D eigenvalue weighted by molar-refractivity contribution is -0.120. The molecule has 2 rings (SSSR count). The predicted molar refractivity (Wildman–Crippen MR) is 95.5 cm³/mol. The van der Waals surface area contributed by atoms with Crippen molar-refractivity contribution in [1.82, 2.24) is 4.90 Å². The van der Waals surface area contributed by atoms with Gasteiger partial charge in [-0.2, -0.15) is 0 Å². The first-order chi connectivity index (χ1) is 11.6. The molecule has 0 radical (unpaired) electrons. The number of carbonyl (C=O) groups is 3. The fourth-order valence-electron chi connectivity index (χ4n) is 2.65. The van der Waals surface area contributed by atoms with Crippen molar-refractivity contribution in [2.24, 2.45) is 0 Å². The summed E-state index contributed by atoms with van der Waals surface area (Å²) in [6, 6.07) is 6.82. The third kappa shape index (κ3) is 4.71. The van der Waals surface area contributed by atoms with Gasteiger partial charge in [-0.15, -0.1) is 0 Å². The normalized spacial score (nSPS) is 17.2. The minimum Gasteiger partial charge on any atom is -0.444 e. The Morgan fingerprint density at radius 3 is 2.60 bits per heavy atom. The largest absolute Gasteiger partial charge is 0.444 e. The fourth-order valence-corrected chi connectivity index (χ4v) is 2.65. The molecule has 0 saturated carbocycles. The number of nitrogens with zero attached hydrogens (tertiary/aromatic N) is 2. The van der Waals surface area contributed by atoms with Gasteiger partial charge in [-0.05, 0) is 39.8 Å². The quantitative estimate of drug-likeness (QED) is 0.892. The van der Waals surface area contributed by atoms with Crippen LogP contribution in [-0.4, -0.2) is 48.0 Å². The van der Waals surface area contributed by atoms with E-state index in [4.69, 9.17) is 4.74 Å². The number of hydrogen-bond donors (Lipinski definition) is 1. The van der Waals surface area contributed by atoms with Crippen LogP contribution in [-0.2, 0) is 14.3 Å². The lowest BCUT2D eigenvalue weighted by Gasteiger charge is -2.30. The van der Waals surface area contributed by atoms with E-state index in [2.05, 4.69) is 5.32 Å². The van der Waals surface area contributed by atoms with Gasteiger partial charge in [0.2, 0.25) is 11.8 Å². The van der Waals surface area contributed by atoms with Crippen LogP contribution in [0.3, 0.4) is 0 Å². The van der Waals surface area contributed by atoms with E-state index in [0.717, 1.165) is 0 Å². The number of nitrogens with one attached hydrogen (secondary N) is 1. The Morgan fingerprint density at radius 1 is 1.32 bits per heavy atom. The van der Waals surface area contributed by atoms with Gasteiger partial charge in [0, 0.05) is 19.5 Å². The molecule has 1 aliphatic rings. The molecule has 7 heteroatoms. The van der Waals surface area contributed by atoms with Crippen molar-refractivity contribution in [3.63, 3.8) is 0 Å². The van der Waals surface area contributed by atoms with Crippen molar-refractivity contribution in [3.8, 4) is 0 Å². The molecule has 7 nitrogen and oxygen atoms in total. The second-order valence-electron chi connectivity index (χ2n) is 7.22. The smallest absolute Gasteiger partial charge is 0.410 e. The van der Waals surface area contributed by atoms with Crippen LogP contribution in [0, 0.1) is 0 Å². The number of rotatable bonds is 2. The summed E-state index contributed by atoms with van der Waals surface area (Å²) >= 11 is 0. The first-order valence-corrected chi connectivity index (χ1v) is 8.23. The van der Waals surface area contributed by atoms with Gasteiger partial charge in [-0.25, -0.2) is 4.79 Å². The number of para-hydroxylation sites is 2. The summed E-state index contributed by atoms with van der Waals surface area (Å²) in [5, 5.41) is 2.81. The molecular weight excluding hydrogens is 322 g/mol. The summed E-state index contributed by atoms with van der Waals surface area (Å²) in [4.78, 5) is 39.7. The van der Waals surface area contributed by atoms with Crippen LogP contribution in [0.1, 0.15) is 34.1 Å². The molecule has 3 amide bonds. The highest BCUT2D eigenvalue weighted by atomic mass is 16.6. The lowest BCUT2D eigenvalue weighted by atomic mass is 10.1. The Kier molecular flexibility index (Phi) is 5.35. The molecule has 0 spiro atoms. The van der Waals surface area contributed by atoms with Crippen LogP contribution in [0.5, 0.6) is 0 Å². The monoisotopic (exact) mass is 347 g/mol. The zero-order chi connectivity index (χ0) is 18.8. The number of ether oxygens (including phenoxy) is 1. The Balaban J connectivity index is 2.20. The van der Waals surface area contributed by atoms with E-state index in [9.17, 15) is 14.4 Å². The van der Waals surface area contributed by atoms with Crippen LogP contribution in [0.2, 0.25) is 0 Å². The number of likely N-dealkylation sites (N-methyl/N-ethyl adjacent to an activating group) is 1. The van der Waals surface area contributed by atoms with Crippen molar-refractivity contribution in [2.45, 2.75) is 45.8 Å². The van der Waals surface area contributed by atoms with Crippen molar-refractivity contribution >= 4 is 29.3 Å². The van der Waals surface area contributed by atoms with E-state index in [1.165, 1.54) is 11.9 Å². The van der Waals surface area contributed by atoms with Gasteiger partial charge in [0.15, 0.2) is 0 Å². The van der Waals surface area contributed by atoms with Crippen molar-refractivity contribution in [1.29, 1.82) is 0 Å². The Hall–Kier alpha value is -2.57. The molecule has 0 fully saturated rings. The Morgan fingerprint density at radius 2 is 1.96 bits per heavy atom. The zero-order valence-electron chi connectivity index (χ0n) is 15.3. The minimum atomic E-state index is -0.632. The molecule has 25 heavy (non-hydrogen) atoms. The number of hydrogen-bond acceptors (Lipinski definition) is 4. The Bertz CT molecular complexity index is 681. The summed E-state index contributed by atoms with van der Waals surface area (Å²) in [6.07, 6.45) is -0.373. The van der Waals surface area contributed by atoms with E-state index in [1.807, 2.05) is 6.92 Å². The molecular formula is C18H25N3O4. The maximum absolute atomic E-state index is 12.8. The maximum atomic E-state index is 12.8. The molecule has 1 aromatic rings. The molecule has 1 aliphatic heterocycles. The van der Waals surface area contributed by atoms with E-state index >= 15 is 0 Å². The third-order valence-electron chi connectivity index (χ3n) is 3.71. The molecule has 136 valence electrons. The predicted octanol–water partition coefficient (Wildman–Crippen LogP) is 2.62. The van der Waals surface area contributed by atoms with Crippen LogP contribution in [0.25, 0.3) is 0 Å².